The first kappa shape index (κ1) is 30.7. The fourth-order valence-electron chi connectivity index (χ4n) is 10.8. The quantitative estimate of drug-likeness (QED) is 0.392. The minimum absolute atomic E-state index is 0.0281. The largest absolute Gasteiger partial charge is 0.295 e. The summed E-state index contributed by atoms with van der Waals surface area (Å²) in [5.74, 6) is -0.352. The molecular formula is C35H49N3O4. The summed E-state index contributed by atoms with van der Waals surface area (Å²) >= 11 is 0. The van der Waals surface area contributed by atoms with Crippen LogP contribution < -0.4 is 10.9 Å². The van der Waals surface area contributed by atoms with Crippen LogP contribution in [0.2, 0.25) is 0 Å². The summed E-state index contributed by atoms with van der Waals surface area (Å²) in [6.07, 6.45) is 11.5. The monoisotopic (exact) mass is 575 g/mol. The van der Waals surface area contributed by atoms with Crippen LogP contribution in [0.4, 0.5) is 0 Å². The highest BCUT2D eigenvalue weighted by atomic mass is 16.2. The predicted molar refractivity (Wildman–Crippen MR) is 160 cm³/mol. The number of hydrogen-bond donors (Lipinski definition) is 2. The van der Waals surface area contributed by atoms with Gasteiger partial charge in [-0.1, -0.05) is 60.1 Å². The number of amides is 2. The lowest BCUT2D eigenvalue weighted by Crippen LogP contribution is -2.64. The zero-order chi connectivity index (χ0) is 31.1. The molecular weight excluding hydrogens is 526 g/mol. The maximum Gasteiger partial charge on any atom is 0.238 e. The molecule has 228 valence electrons. The molecule has 0 saturated heterocycles. The van der Waals surface area contributed by atoms with Gasteiger partial charge >= 0.3 is 0 Å². The molecule has 5 aliphatic rings. The number of hydrazine groups is 1. The maximum atomic E-state index is 14.6. The highest BCUT2D eigenvalue weighted by Crippen LogP contribution is 2.75. The predicted octanol–water partition coefficient (Wildman–Crippen LogP) is 6.15. The number of rotatable bonds is 3. The van der Waals surface area contributed by atoms with Crippen LogP contribution >= 0.6 is 0 Å². The molecule has 0 heterocycles. The number of nitrogens with one attached hydrogen (secondary N) is 2. The number of nitrogens with zero attached hydrogens (tertiary/aromatic N) is 1. The van der Waals surface area contributed by atoms with Gasteiger partial charge in [-0.25, -0.2) is 0 Å². The fourth-order valence-corrected chi connectivity index (χ4v) is 10.8. The molecule has 7 nitrogen and oxygen atoms in total. The van der Waals surface area contributed by atoms with Crippen molar-refractivity contribution in [3.8, 4) is 6.07 Å². The van der Waals surface area contributed by atoms with E-state index in [-0.39, 0.29) is 68.4 Å². The van der Waals surface area contributed by atoms with Crippen LogP contribution in [0.25, 0.3) is 0 Å². The number of carbonyl (C=O) groups excluding carboxylic acids is 4. The first-order chi connectivity index (χ1) is 19.4. The van der Waals surface area contributed by atoms with Crippen molar-refractivity contribution >= 4 is 23.4 Å². The van der Waals surface area contributed by atoms with Crippen molar-refractivity contribution in [2.45, 2.75) is 113 Å². The van der Waals surface area contributed by atoms with Gasteiger partial charge in [-0.3, -0.25) is 30.0 Å². The first-order valence-electron chi connectivity index (χ1n) is 15.9. The molecule has 42 heavy (non-hydrogen) atoms. The number of Topliss-reactive ketones (excluding diaryl/α,β-unsaturated/α-hetero) is 1. The number of allylic oxidation sites excluding steroid dienone is 4. The number of carbonyl (C=O) groups is 4. The second-order valence-corrected chi connectivity index (χ2v) is 16.3. The van der Waals surface area contributed by atoms with Gasteiger partial charge < -0.3 is 0 Å². The third kappa shape index (κ3) is 4.26. The van der Waals surface area contributed by atoms with E-state index in [1.807, 2.05) is 26.0 Å². The van der Waals surface area contributed by atoms with E-state index < -0.39 is 10.8 Å². The van der Waals surface area contributed by atoms with Crippen molar-refractivity contribution in [1.82, 2.24) is 10.9 Å². The van der Waals surface area contributed by atoms with Crippen LogP contribution in [0.1, 0.15) is 113 Å². The Morgan fingerprint density at radius 3 is 2.29 bits per heavy atom. The van der Waals surface area contributed by atoms with Crippen LogP contribution in [-0.4, -0.2) is 23.4 Å². The van der Waals surface area contributed by atoms with Gasteiger partial charge in [0.25, 0.3) is 0 Å². The Kier molecular flexibility index (Phi) is 7.04. The van der Waals surface area contributed by atoms with Crippen molar-refractivity contribution in [2.24, 2.45) is 50.2 Å². The zero-order valence-electron chi connectivity index (χ0n) is 26.8. The third-order valence-electron chi connectivity index (χ3n) is 13.3. The van der Waals surface area contributed by atoms with E-state index in [4.69, 9.17) is 0 Å². The van der Waals surface area contributed by atoms with Crippen molar-refractivity contribution in [1.29, 1.82) is 5.26 Å². The molecule has 2 unspecified atom stereocenters. The van der Waals surface area contributed by atoms with E-state index in [0.29, 0.717) is 12.8 Å². The fraction of sp³-hybridized carbons (Fsp3) is 0.743. The maximum absolute atomic E-state index is 14.6. The first-order valence-corrected chi connectivity index (χ1v) is 15.9. The number of hydrogen-bond acceptors (Lipinski definition) is 5. The van der Waals surface area contributed by atoms with E-state index in [9.17, 15) is 24.4 Å². The Labute approximate surface area is 251 Å². The minimum Gasteiger partial charge on any atom is -0.295 e. The summed E-state index contributed by atoms with van der Waals surface area (Å²) in [4.78, 5) is 51.9. The Hall–Kier alpha value is -2.75. The molecule has 0 spiro atoms. The van der Waals surface area contributed by atoms with Crippen molar-refractivity contribution < 1.29 is 19.2 Å². The van der Waals surface area contributed by atoms with Crippen LogP contribution in [0.15, 0.2) is 23.3 Å². The molecule has 0 aromatic rings. The van der Waals surface area contributed by atoms with Gasteiger partial charge in [0.05, 0.1) is 5.57 Å². The normalized spacial score (nSPS) is 41.5. The molecule has 3 fully saturated rings. The van der Waals surface area contributed by atoms with Gasteiger partial charge in [0, 0.05) is 30.1 Å². The molecule has 0 aliphatic heterocycles. The van der Waals surface area contributed by atoms with Crippen molar-refractivity contribution in [3.63, 3.8) is 0 Å². The summed E-state index contributed by atoms with van der Waals surface area (Å²) in [6, 6.07) is 2.19. The molecule has 2 N–H and O–H groups in total. The summed E-state index contributed by atoms with van der Waals surface area (Å²) < 4.78 is 0. The zero-order valence-corrected chi connectivity index (χ0v) is 26.8. The van der Waals surface area contributed by atoms with E-state index in [2.05, 4.69) is 51.5 Å². The molecule has 5 aliphatic carbocycles. The third-order valence-corrected chi connectivity index (χ3v) is 13.3. The number of nitriles is 1. The Balaban J connectivity index is 1.57. The topological polar surface area (TPSA) is 116 Å². The van der Waals surface area contributed by atoms with Gasteiger partial charge in [-0.15, -0.1) is 0 Å². The van der Waals surface area contributed by atoms with E-state index >= 15 is 0 Å². The average molecular weight is 576 g/mol. The molecule has 0 bridgehead atoms. The van der Waals surface area contributed by atoms with Crippen LogP contribution in [0, 0.1) is 61.6 Å². The summed E-state index contributed by atoms with van der Waals surface area (Å²) in [5.41, 5.74) is 4.54. The molecule has 0 aromatic carbocycles. The van der Waals surface area contributed by atoms with Crippen molar-refractivity contribution in [3.05, 3.63) is 23.3 Å². The van der Waals surface area contributed by atoms with Crippen molar-refractivity contribution in [2.75, 3.05) is 0 Å². The molecule has 2 amide bonds. The number of fused-ring (bicyclic) bond motifs is 7. The summed E-state index contributed by atoms with van der Waals surface area (Å²) in [5, 5.41) is 9.93. The standard InChI is InChI=1S/C35H49N3O4/c1-21(39)37-38-27(41)10-12-35-15-13-30(2,3)19-23(35)28-24(40)17-26-32(6)18-22(20-36)29(42)31(4,5)25(32)9-11-33(26,7)34(28,8)14-16-35/h17-18,23,25,28H,9-16,19H2,1-8H3,(H,37,39)(H,38,41)/t23?,25-,28?,32-,33+,34+,35+/m0/s1. The Morgan fingerprint density at radius 2 is 1.64 bits per heavy atom. The molecule has 7 heteroatoms. The van der Waals surface area contributed by atoms with E-state index in [1.54, 1.807) is 0 Å². The second-order valence-electron chi connectivity index (χ2n) is 16.3. The lowest BCUT2D eigenvalue weighted by Gasteiger charge is -2.69. The van der Waals surface area contributed by atoms with Gasteiger partial charge in [0.2, 0.25) is 11.8 Å². The summed E-state index contributed by atoms with van der Waals surface area (Å²) in [7, 11) is 0. The average Bonchev–Trinajstić information content (AvgIpc) is 2.90. The molecule has 0 radical (unpaired) electrons. The second kappa shape index (κ2) is 9.63. The van der Waals surface area contributed by atoms with E-state index in [0.717, 1.165) is 50.5 Å². The smallest absolute Gasteiger partial charge is 0.238 e. The Bertz CT molecular complexity index is 1350. The van der Waals surface area contributed by atoms with Gasteiger partial charge in [-0.2, -0.15) is 5.26 Å². The Morgan fingerprint density at radius 1 is 0.976 bits per heavy atom. The molecule has 7 atom stereocenters. The highest BCUT2D eigenvalue weighted by Gasteiger charge is 2.69. The van der Waals surface area contributed by atoms with E-state index in [1.165, 1.54) is 6.92 Å². The lowest BCUT2D eigenvalue weighted by molar-refractivity contribution is -0.173. The van der Waals surface area contributed by atoms with Gasteiger partial charge in [0.15, 0.2) is 11.6 Å². The molecule has 5 rings (SSSR count). The minimum atomic E-state index is -0.676. The van der Waals surface area contributed by atoms with Crippen LogP contribution in [0.5, 0.6) is 0 Å². The lowest BCUT2D eigenvalue weighted by atomic mass is 9.34. The SMILES string of the molecule is CC(=O)NNC(=O)CC[C@]12CCC(C)(C)CC1C1C(=O)C=C3[C@@]4(C)C=C(C#N)C(=O)C(C)(C)[C@@H]4CC[C@@]3(C)[C@]1(C)CC2. The van der Waals surface area contributed by atoms with Gasteiger partial charge in [0.1, 0.15) is 6.07 Å². The van der Waals surface area contributed by atoms with Crippen LogP contribution in [-0.2, 0) is 19.2 Å². The molecule has 3 saturated carbocycles. The van der Waals surface area contributed by atoms with Crippen LogP contribution in [0.3, 0.4) is 0 Å². The highest BCUT2D eigenvalue weighted by molar-refractivity contribution is 6.04. The summed E-state index contributed by atoms with van der Waals surface area (Å²) in [6.45, 7) is 16.8. The number of ketones is 2. The molecule has 0 aromatic heterocycles. The van der Waals surface area contributed by atoms with Gasteiger partial charge in [-0.05, 0) is 90.9 Å².